The molecule has 0 atom stereocenters. The van der Waals surface area contributed by atoms with Crippen LogP contribution in [0, 0.1) is 0 Å². The Balaban J connectivity index is 1.06. The van der Waals surface area contributed by atoms with Gasteiger partial charge in [-0.05, 0) is 75.8 Å². The molecule has 12 aromatic rings. The monoisotopic (exact) mass is 808 g/mol. The van der Waals surface area contributed by atoms with E-state index < -0.39 is 0 Å². The average molecular weight is 809 g/mol. The molecule has 3 aromatic heterocycles. The van der Waals surface area contributed by atoms with E-state index in [1.165, 1.54) is 53.1 Å². The highest BCUT2D eigenvalue weighted by molar-refractivity contribution is 7.26. The summed E-state index contributed by atoms with van der Waals surface area (Å²) in [5, 5.41) is 5.15. The molecule has 4 nitrogen and oxygen atoms in total. The number of para-hydroxylation sites is 1. The van der Waals surface area contributed by atoms with Crippen LogP contribution in [-0.2, 0) is 0 Å². The maximum Gasteiger partial charge on any atom is 0.164 e. The highest BCUT2D eigenvalue weighted by Gasteiger charge is 2.19. The minimum atomic E-state index is 0.627. The Bertz CT molecular complexity index is 3550. The van der Waals surface area contributed by atoms with E-state index in [4.69, 9.17) is 15.0 Å². The molecule has 0 saturated heterocycles. The normalized spacial score (nSPS) is 11.5. The van der Waals surface area contributed by atoms with Gasteiger partial charge in [0.05, 0.1) is 11.0 Å². The van der Waals surface area contributed by atoms with Crippen molar-refractivity contribution in [2.75, 3.05) is 0 Å². The van der Waals surface area contributed by atoms with E-state index >= 15 is 0 Å². The molecule has 290 valence electrons. The third-order valence-corrected chi connectivity index (χ3v) is 13.0. The van der Waals surface area contributed by atoms with Crippen molar-refractivity contribution < 1.29 is 0 Å². The van der Waals surface area contributed by atoms with Crippen LogP contribution in [0.5, 0.6) is 0 Å². The van der Waals surface area contributed by atoms with E-state index in [9.17, 15) is 0 Å². The number of thiophene rings is 1. The van der Waals surface area contributed by atoms with Gasteiger partial charge in [0, 0.05) is 53.3 Å². The fourth-order valence-corrected chi connectivity index (χ4v) is 10.1. The Morgan fingerprint density at radius 2 is 0.790 bits per heavy atom. The van der Waals surface area contributed by atoms with Gasteiger partial charge < -0.3 is 4.57 Å². The summed E-state index contributed by atoms with van der Waals surface area (Å²) < 4.78 is 5.08. The SMILES string of the molecule is c1ccc(-c2ccc(-c3cc(-c4cccc(-c5nc(-c6ccccc6)nc(-c6ccccc6)n5)c4)cc(-n4c5ccccc5c5c6sc7ccccc7c6ccc54)c3)cc2)cc1. The summed E-state index contributed by atoms with van der Waals surface area (Å²) in [6, 6.07) is 77.6. The number of benzene rings is 9. The fourth-order valence-electron chi connectivity index (χ4n) is 8.85. The molecule has 0 aliphatic rings. The number of aromatic nitrogens is 4. The second-order valence-corrected chi connectivity index (χ2v) is 16.7. The van der Waals surface area contributed by atoms with Crippen molar-refractivity contribution in [2.45, 2.75) is 0 Å². The van der Waals surface area contributed by atoms with E-state index in [0.717, 1.165) is 44.6 Å². The molecule has 0 aliphatic carbocycles. The van der Waals surface area contributed by atoms with Gasteiger partial charge in [0.25, 0.3) is 0 Å². The zero-order valence-electron chi connectivity index (χ0n) is 33.5. The molecule has 0 saturated carbocycles. The minimum Gasteiger partial charge on any atom is -0.309 e. The molecule has 62 heavy (non-hydrogen) atoms. The quantitative estimate of drug-likeness (QED) is 0.161. The summed E-state index contributed by atoms with van der Waals surface area (Å²) in [6.45, 7) is 0. The van der Waals surface area contributed by atoms with Crippen molar-refractivity contribution in [3.63, 3.8) is 0 Å². The van der Waals surface area contributed by atoms with Crippen LogP contribution in [-0.4, -0.2) is 19.5 Å². The molecule has 0 radical (unpaired) electrons. The third kappa shape index (κ3) is 6.26. The van der Waals surface area contributed by atoms with Crippen LogP contribution >= 0.6 is 11.3 Å². The zero-order valence-corrected chi connectivity index (χ0v) is 34.3. The predicted molar refractivity (Wildman–Crippen MR) is 260 cm³/mol. The summed E-state index contributed by atoms with van der Waals surface area (Å²) in [4.78, 5) is 15.1. The van der Waals surface area contributed by atoms with Crippen LogP contribution in [0.15, 0.2) is 218 Å². The van der Waals surface area contributed by atoms with Gasteiger partial charge in [-0.3, -0.25) is 0 Å². The second-order valence-electron chi connectivity index (χ2n) is 15.6. The molecule has 0 unspecified atom stereocenters. The molecule has 0 amide bonds. The Hall–Kier alpha value is -7.99. The van der Waals surface area contributed by atoms with Crippen LogP contribution in [0.1, 0.15) is 0 Å². The molecule has 0 fully saturated rings. The first-order valence-electron chi connectivity index (χ1n) is 20.8. The van der Waals surface area contributed by atoms with Crippen LogP contribution in [0.3, 0.4) is 0 Å². The molecule has 0 N–H and O–H groups in total. The van der Waals surface area contributed by atoms with Crippen molar-refractivity contribution in [1.29, 1.82) is 0 Å². The smallest absolute Gasteiger partial charge is 0.164 e. The van der Waals surface area contributed by atoms with E-state index in [2.05, 4.69) is 162 Å². The largest absolute Gasteiger partial charge is 0.309 e. The lowest BCUT2D eigenvalue weighted by Gasteiger charge is -2.15. The van der Waals surface area contributed by atoms with Gasteiger partial charge in [-0.25, -0.2) is 15.0 Å². The Morgan fingerprint density at radius 1 is 0.306 bits per heavy atom. The summed E-state index contributed by atoms with van der Waals surface area (Å²) in [5.74, 6) is 1.91. The number of nitrogens with zero attached hydrogens (tertiary/aromatic N) is 4. The van der Waals surface area contributed by atoms with Crippen LogP contribution in [0.25, 0.3) is 115 Å². The van der Waals surface area contributed by atoms with E-state index in [-0.39, 0.29) is 0 Å². The van der Waals surface area contributed by atoms with Gasteiger partial charge in [-0.15, -0.1) is 11.3 Å². The van der Waals surface area contributed by atoms with Crippen LogP contribution < -0.4 is 0 Å². The molecular weight excluding hydrogens is 773 g/mol. The molecular formula is C57H36N4S. The summed E-state index contributed by atoms with van der Waals surface area (Å²) >= 11 is 1.88. The predicted octanol–water partition coefficient (Wildman–Crippen LogP) is 15.3. The number of rotatable bonds is 7. The highest BCUT2D eigenvalue weighted by Crippen LogP contribution is 2.44. The van der Waals surface area contributed by atoms with Gasteiger partial charge in [0.1, 0.15) is 0 Å². The summed E-state index contributed by atoms with van der Waals surface area (Å²) in [5.41, 5.74) is 13.1. The first-order valence-corrected chi connectivity index (χ1v) is 21.7. The fraction of sp³-hybridized carbons (Fsp3) is 0. The first-order chi connectivity index (χ1) is 30.7. The number of fused-ring (bicyclic) bond motifs is 7. The van der Waals surface area contributed by atoms with Gasteiger partial charge in [0.15, 0.2) is 17.5 Å². The molecule has 5 heteroatoms. The van der Waals surface area contributed by atoms with Crippen molar-refractivity contribution in [2.24, 2.45) is 0 Å². The van der Waals surface area contributed by atoms with Gasteiger partial charge in [-0.1, -0.05) is 176 Å². The molecule has 9 aromatic carbocycles. The summed E-state index contributed by atoms with van der Waals surface area (Å²) in [6.07, 6.45) is 0. The Labute approximate surface area is 362 Å². The van der Waals surface area contributed by atoms with Gasteiger partial charge in [0.2, 0.25) is 0 Å². The van der Waals surface area contributed by atoms with Crippen LogP contribution in [0.2, 0.25) is 0 Å². The number of hydrogen-bond acceptors (Lipinski definition) is 4. The summed E-state index contributed by atoms with van der Waals surface area (Å²) in [7, 11) is 0. The van der Waals surface area contributed by atoms with E-state index in [1.807, 2.05) is 72.0 Å². The lowest BCUT2D eigenvalue weighted by molar-refractivity contribution is 1.07. The maximum absolute atomic E-state index is 5.07. The van der Waals surface area contributed by atoms with E-state index in [0.29, 0.717) is 17.5 Å². The highest BCUT2D eigenvalue weighted by atomic mass is 32.1. The average Bonchev–Trinajstić information content (AvgIpc) is 3.91. The third-order valence-electron chi connectivity index (χ3n) is 11.8. The minimum absolute atomic E-state index is 0.627. The van der Waals surface area contributed by atoms with Crippen molar-refractivity contribution in [3.05, 3.63) is 218 Å². The Morgan fingerprint density at radius 3 is 1.47 bits per heavy atom. The number of hydrogen-bond donors (Lipinski definition) is 0. The van der Waals surface area contributed by atoms with E-state index in [1.54, 1.807) is 0 Å². The molecule has 12 rings (SSSR count). The Kier molecular flexibility index (Phi) is 8.65. The first kappa shape index (κ1) is 35.9. The second kappa shape index (κ2) is 14.9. The van der Waals surface area contributed by atoms with Crippen molar-refractivity contribution in [3.8, 4) is 73.2 Å². The lowest BCUT2D eigenvalue weighted by Crippen LogP contribution is -2.00. The molecule has 0 bridgehead atoms. The zero-order chi connectivity index (χ0) is 41.0. The molecule has 0 spiro atoms. The van der Waals surface area contributed by atoms with Gasteiger partial charge >= 0.3 is 0 Å². The van der Waals surface area contributed by atoms with Crippen molar-refractivity contribution in [1.82, 2.24) is 19.5 Å². The molecule has 0 aliphatic heterocycles. The standard InChI is InChI=1S/C57H36N4S/c1-4-15-37(16-5-1)38-27-29-39(30-28-38)44-34-45(42-21-14-22-43(33-42)57-59-55(40-17-6-2-7-18-40)58-56(60-57)41-19-8-3-9-20-41)36-46(35-44)61-50-25-12-10-24-49(50)53-51(61)32-31-48-47-23-11-13-26-52(47)62-54(48)53/h1-36H. The maximum atomic E-state index is 5.07. The molecule has 3 heterocycles. The van der Waals surface area contributed by atoms with Crippen LogP contribution in [0.4, 0.5) is 0 Å². The van der Waals surface area contributed by atoms with Crippen molar-refractivity contribution >= 4 is 53.3 Å². The lowest BCUT2D eigenvalue weighted by atomic mass is 9.95. The van der Waals surface area contributed by atoms with Gasteiger partial charge in [-0.2, -0.15) is 0 Å². The topological polar surface area (TPSA) is 43.6 Å².